The Hall–Kier alpha value is -1.52. The Morgan fingerprint density at radius 2 is 1.62 bits per heavy atom. The lowest BCUT2D eigenvalue weighted by Crippen LogP contribution is -2.49. The number of aliphatic carboxylic acids is 1. The molecule has 0 aliphatic heterocycles. The number of carbonyl (C=O) groups is 4. The zero-order chi connectivity index (χ0) is 15.6. The molecule has 0 amide bonds. The molecule has 5 nitrogen and oxygen atoms in total. The summed E-state index contributed by atoms with van der Waals surface area (Å²) >= 11 is 0. The van der Waals surface area contributed by atoms with E-state index in [2.05, 4.69) is 6.92 Å². The van der Waals surface area contributed by atoms with E-state index >= 15 is 0 Å². The average molecular weight is 294 g/mol. The third-order valence-electron chi connectivity index (χ3n) is 5.07. The Morgan fingerprint density at radius 3 is 2.05 bits per heavy atom. The summed E-state index contributed by atoms with van der Waals surface area (Å²) < 4.78 is 0. The highest BCUT2D eigenvalue weighted by molar-refractivity contribution is 6.15. The minimum atomic E-state index is -1.80. The molecule has 2 rings (SSSR count). The molecule has 0 saturated heterocycles. The number of rotatable bonds is 4. The molecule has 2 saturated carbocycles. The van der Waals surface area contributed by atoms with Crippen LogP contribution in [0.2, 0.25) is 0 Å². The molecule has 0 radical (unpaired) electrons. The number of carboxylic acids is 1. The van der Waals surface area contributed by atoms with Gasteiger partial charge in [0, 0.05) is 18.8 Å². The Bertz CT molecular complexity index is 455. The van der Waals surface area contributed by atoms with Crippen LogP contribution in [0.1, 0.15) is 58.3 Å². The van der Waals surface area contributed by atoms with Crippen LogP contribution >= 0.6 is 0 Å². The van der Waals surface area contributed by atoms with Gasteiger partial charge in [0.2, 0.25) is 0 Å². The molecule has 0 aromatic rings. The summed E-state index contributed by atoms with van der Waals surface area (Å²) in [6, 6.07) is 0. The van der Waals surface area contributed by atoms with Gasteiger partial charge in [-0.25, -0.2) is 0 Å². The first-order valence-corrected chi connectivity index (χ1v) is 7.70. The molecule has 0 heterocycles. The third kappa shape index (κ3) is 3.06. The van der Waals surface area contributed by atoms with E-state index in [1.807, 2.05) is 0 Å². The zero-order valence-electron chi connectivity index (χ0n) is 12.4. The lowest BCUT2D eigenvalue weighted by molar-refractivity contribution is -0.164. The number of ketones is 3. The Kier molecular flexibility index (Phi) is 4.59. The highest BCUT2D eigenvalue weighted by Crippen LogP contribution is 2.41. The van der Waals surface area contributed by atoms with Crippen molar-refractivity contribution in [1.29, 1.82) is 0 Å². The van der Waals surface area contributed by atoms with Crippen molar-refractivity contribution in [1.82, 2.24) is 0 Å². The maximum absolute atomic E-state index is 12.7. The van der Waals surface area contributed by atoms with Gasteiger partial charge in [-0.15, -0.1) is 0 Å². The van der Waals surface area contributed by atoms with Gasteiger partial charge in [-0.05, 0) is 31.6 Å². The number of hydrogen-bond acceptors (Lipinski definition) is 4. The fourth-order valence-electron chi connectivity index (χ4n) is 3.74. The maximum atomic E-state index is 12.7. The number of Topliss-reactive ketones (excluding diaryl/α,β-unsaturated/α-hetero) is 3. The van der Waals surface area contributed by atoms with Crippen molar-refractivity contribution in [3.05, 3.63) is 0 Å². The van der Waals surface area contributed by atoms with Crippen LogP contribution in [-0.4, -0.2) is 28.4 Å². The van der Waals surface area contributed by atoms with E-state index in [-0.39, 0.29) is 25.2 Å². The normalized spacial score (nSPS) is 29.2. The van der Waals surface area contributed by atoms with Gasteiger partial charge in [-0.3, -0.25) is 19.2 Å². The first kappa shape index (κ1) is 15.9. The van der Waals surface area contributed by atoms with Crippen molar-refractivity contribution in [3.8, 4) is 0 Å². The quantitative estimate of drug-likeness (QED) is 0.803. The van der Waals surface area contributed by atoms with Gasteiger partial charge >= 0.3 is 5.97 Å². The minimum absolute atomic E-state index is 0.231. The van der Waals surface area contributed by atoms with E-state index in [1.165, 1.54) is 0 Å². The average Bonchev–Trinajstić information content (AvgIpc) is 2.45. The van der Waals surface area contributed by atoms with Gasteiger partial charge in [0.1, 0.15) is 17.0 Å². The minimum Gasteiger partial charge on any atom is -0.480 e. The van der Waals surface area contributed by atoms with E-state index in [4.69, 9.17) is 0 Å². The van der Waals surface area contributed by atoms with Gasteiger partial charge in [0.15, 0.2) is 5.78 Å². The topological polar surface area (TPSA) is 88.5 Å². The summed E-state index contributed by atoms with van der Waals surface area (Å²) in [5.41, 5.74) is -1.80. The van der Waals surface area contributed by atoms with Crippen LogP contribution in [-0.2, 0) is 19.2 Å². The van der Waals surface area contributed by atoms with Crippen molar-refractivity contribution in [2.45, 2.75) is 58.3 Å². The van der Waals surface area contributed by atoms with Gasteiger partial charge < -0.3 is 5.11 Å². The van der Waals surface area contributed by atoms with Crippen LogP contribution < -0.4 is 0 Å². The molecule has 0 atom stereocenters. The molecule has 2 fully saturated rings. The molecule has 116 valence electrons. The van der Waals surface area contributed by atoms with E-state index in [0.29, 0.717) is 18.8 Å². The Labute approximate surface area is 124 Å². The highest BCUT2D eigenvalue weighted by atomic mass is 16.4. The fourth-order valence-corrected chi connectivity index (χ4v) is 3.74. The molecule has 0 unspecified atom stereocenters. The van der Waals surface area contributed by atoms with Crippen molar-refractivity contribution in [3.63, 3.8) is 0 Å². The van der Waals surface area contributed by atoms with E-state index in [0.717, 1.165) is 19.3 Å². The molecular weight excluding hydrogens is 272 g/mol. The van der Waals surface area contributed by atoms with Crippen LogP contribution in [0, 0.1) is 17.3 Å². The number of carbonyl (C=O) groups excluding carboxylic acids is 3. The van der Waals surface area contributed by atoms with Crippen LogP contribution in [0.25, 0.3) is 0 Å². The summed E-state index contributed by atoms with van der Waals surface area (Å²) in [4.78, 5) is 47.6. The maximum Gasteiger partial charge on any atom is 0.318 e. The SMILES string of the molecule is CCC1CCC(C(=O)C2(C(=O)O)CC(=O)CC(=O)C2)CC1. The van der Waals surface area contributed by atoms with Crippen LogP contribution in [0.5, 0.6) is 0 Å². The summed E-state index contributed by atoms with van der Waals surface area (Å²) in [5.74, 6) is -2.28. The predicted molar refractivity (Wildman–Crippen MR) is 74.7 cm³/mol. The molecule has 1 N–H and O–H groups in total. The van der Waals surface area contributed by atoms with E-state index in [1.54, 1.807) is 0 Å². The molecule has 0 aromatic carbocycles. The van der Waals surface area contributed by atoms with Gasteiger partial charge in [-0.2, -0.15) is 0 Å². The smallest absolute Gasteiger partial charge is 0.318 e. The fraction of sp³-hybridized carbons (Fsp3) is 0.750. The van der Waals surface area contributed by atoms with Crippen LogP contribution in [0.3, 0.4) is 0 Å². The zero-order valence-corrected chi connectivity index (χ0v) is 12.4. The molecule has 0 aromatic heterocycles. The summed E-state index contributed by atoms with van der Waals surface area (Å²) in [7, 11) is 0. The highest BCUT2D eigenvalue weighted by Gasteiger charge is 2.53. The lowest BCUT2D eigenvalue weighted by atomic mass is 9.64. The molecular formula is C16H22O5. The Morgan fingerprint density at radius 1 is 1.10 bits per heavy atom. The largest absolute Gasteiger partial charge is 0.480 e. The standard InChI is InChI=1S/C16H22O5/c1-2-10-3-5-11(6-4-10)14(19)16(15(20)21)8-12(17)7-13(18)9-16/h10-11H,2-9H2,1H3,(H,20,21). The molecule has 2 aliphatic rings. The van der Waals surface area contributed by atoms with Gasteiger partial charge in [0.25, 0.3) is 0 Å². The molecule has 2 aliphatic carbocycles. The summed E-state index contributed by atoms with van der Waals surface area (Å²) in [5, 5.41) is 9.50. The van der Waals surface area contributed by atoms with Crippen molar-refractivity contribution >= 4 is 23.3 Å². The predicted octanol–water partition coefficient (Wildman–Crippen LogP) is 2.17. The van der Waals surface area contributed by atoms with Crippen molar-refractivity contribution in [2.24, 2.45) is 17.3 Å². The summed E-state index contributed by atoms with van der Waals surface area (Å²) in [6.45, 7) is 2.12. The Balaban J connectivity index is 2.19. The second-order valence-corrected chi connectivity index (χ2v) is 6.49. The number of hydrogen-bond donors (Lipinski definition) is 1. The van der Waals surface area contributed by atoms with Gasteiger partial charge in [0.05, 0.1) is 6.42 Å². The lowest BCUT2D eigenvalue weighted by Gasteiger charge is -2.35. The second kappa shape index (κ2) is 6.08. The monoisotopic (exact) mass is 294 g/mol. The van der Waals surface area contributed by atoms with Crippen LogP contribution in [0.15, 0.2) is 0 Å². The van der Waals surface area contributed by atoms with Crippen LogP contribution in [0.4, 0.5) is 0 Å². The van der Waals surface area contributed by atoms with E-state index < -0.39 is 28.7 Å². The van der Waals surface area contributed by atoms with E-state index in [9.17, 15) is 24.3 Å². The molecule has 21 heavy (non-hydrogen) atoms. The summed E-state index contributed by atoms with van der Waals surface area (Å²) in [6.07, 6.45) is 3.40. The first-order chi connectivity index (χ1) is 9.89. The second-order valence-electron chi connectivity index (χ2n) is 6.49. The van der Waals surface area contributed by atoms with Crippen molar-refractivity contribution in [2.75, 3.05) is 0 Å². The molecule has 5 heteroatoms. The van der Waals surface area contributed by atoms with Crippen molar-refractivity contribution < 1.29 is 24.3 Å². The van der Waals surface area contributed by atoms with Gasteiger partial charge in [-0.1, -0.05) is 13.3 Å². The molecule has 0 spiro atoms. The number of carboxylic acid groups (broad SMARTS) is 1. The molecule has 0 bridgehead atoms. The third-order valence-corrected chi connectivity index (χ3v) is 5.07. The first-order valence-electron chi connectivity index (χ1n) is 7.70.